The van der Waals surface area contributed by atoms with E-state index in [9.17, 15) is 9.59 Å². The van der Waals surface area contributed by atoms with Crippen LogP contribution in [0.25, 0.3) is 10.2 Å². The van der Waals surface area contributed by atoms with Gasteiger partial charge < -0.3 is 9.72 Å². The molecule has 3 heterocycles. The van der Waals surface area contributed by atoms with E-state index in [1.54, 1.807) is 24.3 Å². The third-order valence-electron chi connectivity index (χ3n) is 2.83. The van der Waals surface area contributed by atoms with Crippen LogP contribution in [0.3, 0.4) is 0 Å². The highest BCUT2D eigenvalue weighted by Gasteiger charge is 2.15. The van der Waals surface area contributed by atoms with Crippen molar-refractivity contribution in [3.05, 3.63) is 49.5 Å². The zero-order valence-corrected chi connectivity index (χ0v) is 12.8. The Labute approximate surface area is 128 Å². The molecule has 1 N–H and O–H groups in total. The molecular formula is C14H12N2O3S2. The lowest BCUT2D eigenvalue weighted by Crippen LogP contribution is -2.10. The molecule has 0 saturated carbocycles. The fourth-order valence-corrected chi connectivity index (χ4v) is 3.55. The molecular weight excluding hydrogens is 308 g/mol. The van der Waals surface area contributed by atoms with E-state index < -0.39 is 5.97 Å². The summed E-state index contributed by atoms with van der Waals surface area (Å²) in [7, 11) is 0. The molecule has 21 heavy (non-hydrogen) atoms. The van der Waals surface area contributed by atoms with E-state index in [0.29, 0.717) is 33.9 Å². The van der Waals surface area contributed by atoms with Crippen LogP contribution >= 0.6 is 22.7 Å². The van der Waals surface area contributed by atoms with Crippen LogP contribution in [0.2, 0.25) is 0 Å². The van der Waals surface area contributed by atoms with Gasteiger partial charge in [0.25, 0.3) is 5.56 Å². The summed E-state index contributed by atoms with van der Waals surface area (Å²) in [4.78, 5) is 32.5. The number of fused-ring (bicyclic) bond motifs is 1. The third-order valence-corrected chi connectivity index (χ3v) is 4.81. The van der Waals surface area contributed by atoms with Gasteiger partial charge in [-0.25, -0.2) is 9.78 Å². The van der Waals surface area contributed by atoms with Gasteiger partial charge in [-0.3, -0.25) is 4.79 Å². The summed E-state index contributed by atoms with van der Waals surface area (Å²) in [6, 6.07) is 5.57. The monoisotopic (exact) mass is 320 g/mol. The average Bonchev–Trinajstić information content (AvgIpc) is 3.08. The molecule has 3 rings (SSSR count). The normalized spacial score (nSPS) is 10.9. The number of hydrogen-bond donors (Lipinski definition) is 1. The summed E-state index contributed by atoms with van der Waals surface area (Å²) in [5.74, 6) is 0.183. The van der Waals surface area contributed by atoms with Crippen molar-refractivity contribution in [1.29, 1.82) is 0 Å². The lowest BCUT2D eigenvalue weighted by atomic mass is 10.3. The molecule has 0 aliphatic heterocycles. The van der Waals surface area contributed by atoms with Gasteiger partial charge in [0, 0.05) is 11.3 Å². The molecule has 5 nitrogen and oxygen atoms in total. The molecule has 0 aromatic carbocycles. The van der Waals surface area contributed by atoms with E-state index in [0.717, 1.165) is 16.2 Å². The molecule has 108 valence electrons. The number of esters is 1. The largest absolute Gasteiger partial charge is 0.462 e. The number of nitrogens with zero attached hydrogens (tertiary/aromatic N) is 1. The van der Waals surface area contributed by atoms with E-state index in [-0.39, 0.29) is 5.56 Å². The molecule has 0 spiro atoms. The van der Waals surface area contributed by atoms with Crippen molar-refractivity contribution < 1.29 is 9.53 Å². The van der Waals surface area contributed by atoms with Crippen molar-refractivity contribution in [1.82, 2.24) is 9.97 Å². The molecule has 0 aliphatic rings. The number of nitrogens with one attached hydrogen (secondary N) is 1. The van der Waals surface area contributed by atoms with Crippen LogP contribution in [0, 0.1) is 0 Å². The molecule has 3 aromatic rings. The Hall–Kier alpha value is -1.99. The van der Waals surface area contributed by atoms with E-state index in [4.69, 9.17) is 4.74 Å². The second-order valence-corrected chi connectivity index (χ2v) is 6.40. The van der Waals surface area contributed by atoms with Crippen molar-refractivity contribution in [3.8, 4) is 0 Å². The number of aromatic amines is 1. The Bertz CT molecular complexity index is 834. The number of carbonyl (C=O) groups excluding carboxylic acids is 1. The molecule has 3 aromatic heterocycles. The minimum Gasteiger partial charge on any atom is -0.462 e. The van der Waals surface area contributed by atoms with Gasteiger partial charge in [-0.2, -0.15) is 0 Å². The first kappa shape index (κ1) is 14.0. The zero-order chi connectivity index (χ0) is 14.8. The number of carbonyl (C=O) groups is 1. The number of hydrogen-bond acceptors (Lipinski definition) is 6. The van der Waals surface area contributed by atoms with Gasteiger partial charge >= 0.3 is 5.97 Å². The number of ether oxygens (including phenoxy) is 1. The van der Waals surface area contributed by atoms with E-state index >= 15 is 0 Å². The number of thiophene rings is 2. The maximum atomic E-state index is 12.1. The van der Waals surface area contributed by atoms with Crippen LogP contribution in [0.15, 0.2) is 28.4 Å². The van der Waals surface area contributed by atoms with Crippen LogP contribution in [-0.2, 0) is 11.2 Å². The highest BCUT2D eigenvalue weighted by atomic mass is 32.1. The second kappa shape index (κ2) is 5.79. The molecule has 0 radical (unpaired) electrons. The number of aromatic nitrogens is 2. The predicted octanol–water partition coefficient (Wildman–Crippen LogP) is 2.81. The van der Waals surface area contributed by atoms with E-state index in [1.807, 2.05) is 17.5 Å². The highest BCUT2D eigenvalue weighted by Crippen LogP contribution is 2.22. The summed E-state index contributed by atoms with van der Waals surface area (Å²) in [5, 5.41) is 1.98. The maximum Gasteiger partial charge on any atom is 0.348 e. The molecule has 0 aliphatic carbocycles. The molecule has 0 amide bonds. The number of H-pyrrole nitrogens is 1. The summed E-state index contributed by atoms with van der Waals surface area (Å²) >= 11 is 2.72. The maximum absolute atomic E-state index is 12.1. The minimum atomic E-state index is -0.417. The van der Waals surface area contributed by atoms with Gasteiger partial charge in [-0.1, -0.05) is 6.07 Å². The van der Waals surface area contributed by atoms with Crippen molar-refractivity contribution in [2.75, 3.05) is 6.61 Å². The van der Waals surface area contributed by atoms with Crippen molar-refractivity contribution in [2.45, 2.75) is 13.3 Å². The fraction of sp³-hybridized carbons (Fsp3) is 0.214. The summed E-state index contributed by atoms with van der Waals surface area (Å²) in [6.07, 6.45) is 0.577. The lowest BCUT2D eigenvalue weighted by molar-refractivity contribution is 0.0532. The minimum absolute atomic E-state index is 0.216. The fourth-order valence-electron chi connectivity index (χ4n) is 1.95. The Kier molecular flexibility index (Phi) is 3.85. The van der Waals surface area contributed by atoms with Gasteiger partial charge in [0.05, 0.1) is 12.1 Å². The summed E-state index contributed by atoms with van der Waals surface area (Å²) in [5.41, 5.74) is 0.325. The highest BCUT2D eigenvalue weighted by molar-refractivity contribution is 7.20. The standard InChI is InChI=1S/C14H12N2O3S2/c1-2-19-14(18)10-7-9-12(21-10)13(17)16-11(15-9)6-8-4-3-5-20-8/h3-5,7H,2,6H2,1H3,(H,15,16,17). The van der Waals surface area contributed by atoms with Gasteiger partial charge in [0.1, 0.15) is 15.4 Å². The smallest absolute Gasteiger partial charge is 0.348 e. The molecule has 0 atom stereocenters. The SMILES string of the molecule is CCOC(=O)c1cc2nc(Cc3cccs3)[nH]c(=O)c2s1. The predicted molar refractivity (Wildman–Crippen MR) is 83.3 cm³/mol. The zero-order valence-electron chi connectivity index (χ0n) is 11.2. The molecule has 0 bridgehead atoms. The van der Waals surface area contributed by atoms with Crippen molar-refractivity contribution in [2.24, 2.45) is 0 Å². The van der Waals surface area contributed by atoms with Crippen LogP contribution in [0.5, 0.6) is 0 Å². The van der Waals surface area contributed by atoms with Crippen molar-refractivity contribution in [3.63, 3.8) is 0 Å². The Balaban J connectivity index is 1.99. The van der Waals surface area contributed by atoms with Crippen LogP contribution in [0.1, 0.15) is 27.3 Å². The lowest BCUT2D eigenvalue weighted by Gasteiger charge is -1.98. The topological polar surface area (TPSA) is 72.0 Å². The second-order valence-electron chi connectivity index (χ2n) is 4.31. The first-order valence-corrected chi connectivity index (χ1v) is 8.09. The van der Waals surface area contributed by atoms with Gasteiger partial charge in [-0.05, 0) is 24.4 Å². The first-order valence-electron chi connectivity index (χ1n) is 6.39. The first-order chi connectivity index (χ1) is 10.2. The Morgan fingerprint density at radius 1 is 1.48 bits per heavy atom. The molecule has 7 heteroatoms. The van der Waals surface area contributed by atoms with Crippen LogP contribution in [0.4, 0.5) is 0 Å². The van der Waals surface area contributed by atoms with Crippen LogP contribution in [-0.4, -0.2) is 22.5 Å². The van der Waals surface area contributed by atoms with Crippen molar-refractivity contribution >= 4 is 38.9 Å². The van der Waals surface area contributed by atoms with E-state index in [2.05, 4.69) is 9.97 Å². The summed E-state index contributed by atoms with van der Waals surface area (Å²) in [6.45, 7) is 2.05. The molecule has 0 fully saturated rings. The average molecular weight is 320 g/mol. The summed E-state index contributed by atoms with van der Waals surface area (Å²) < 4.78 is 5.40. The van der Waals surface area contributed by atoms with Gasteiger partial charge in [0.15, 0.2) is 0 Å². The molecule has 0 unspecified atom stereocenters. The Morgan fingerprint density at radius 3 is 3.05 bits per heavy atom. The quantitative estimate of drug-likeness (QED) is 0.750. The van der Waals surface area contributed by atoms with Gasteiger partial charge in [0.2, 0.25) is 0 Å². The van der Waals surface area contributed by atoms with Gasteiger partial charge in [-0.15, -0.1) is 22.7 Å². The number of rotatable bonds is 4. The van der Waals surface area contributed by atoms with Crippen LogP contribution < -0.4 is 5.56 Å². The van der Waals surface area contributed by atoms with E-state index in [1.165, 1.54) is 0 Å². The Morgan fingerprint density at radius 2 is 2.33 bits per heavy atom. The molecule has 0 saturated heterocycles. The third kappa shape index (κ3) is 2.88.